The number of fused-ring (bicyclic) bond motifs is 2. The Balaban J connectivity index is 1.69. The topological polar surface area (TPSA) is 24.7 Å². The minimum absolute atomic E-state index is 0.0435. The van der Waals surface area contributed by atoms with E-state index in [2.05, 4.69) is 0 Å². The summed E-state index contributed by atoms with van der Waals surface area (Å²) < 4.78 is 0. The predicted molar refractivity (Wildman–Crippen MR) is 64.4 cm³/mol. The summed E-state index contributed by atoms with van der Waals surface area (Å²) in [5, 5.41) is 10.4. The SMILES string of the molecule is O[C@@H]1[C@H]2CCC[C@@H]1[C@@H]([NH+]1CCCCC1)CC2. The molecule has 3 fully saturated rings. The number of aliphatic hydroxyl groups is 1. The van der Waals surface area contributed by atoms with Gasteiger partial charge in [0.1, 0.15) is 0 Å². The zero-order chi connectivity index (χ0) is 11.0. The van der Waals surface area contributed by atoms with E-state index in [9.17, 15) is 5.11 Å². The average Bonchev–Trinajstić information content (AvgIpc) is 2.30. The Morgan fingerprint density at radius 2 is 1.62 bits per heavy atom. The molecule has 0 aromatic rings. The second-order valence-corrected chi connectivity index (χ2v) is 6.25. The highest BCUT2D eigenvalue weighted by molar-refractivity contribution is 4.91. The van der Waals surface area contributed by atoms with Crippen LogP contribution in [0.4, 0.5) is 0 Å². The number of rotatable bonds is 1. The van der Waals surface area contributed by atoms with Crippen molar-refractivity contribution in [1.29, 1.82) is 0 Å². The van der Waals surface area contributed by atoms with Crippen molar-refractivity contribution < 1.29 is 10.0 Å². The van der Waals surface area contributed by atoms with Gasteiger partial charge < -0.3 is 10.0 Å². The van der Waals surface area contributed by atoms with Crippen molar-refractivity contribution in [2.24, 2.45) is 11.8 Å². The predicted octanol–water partition coefficient (Wildman–Crippen LogP) is 0.995. The Labute approximate surface area is 99.0 Å². The van der Waals surface area contributed by atoms with Crippen molar-refractivity contribution in [2.45, 2.75) is 63.5 Å². The number of hydrogen-bond acceptors (Lipinski definition) is 1. The van der Waals surface area contributed by atoms with Crippen LogP contribution in [-0.4, -0.2) is 30.3 Å². The zero-order valence-electron chi connectivity index (χ0n) is 10.3. The van der Waals surface area contributed by atoms with Gasteiger partial charge in [0.15, 0.2) is 0 Å². The molecule has 0 radical (unpaired) electrons. The zero-order valence-corrected chi connectivity index (χ0v) is 10.3. The lowest BCUT2D eigenvalue weighted by Gasteiger charge is -2.47. The fourth-order valence-corrected chi connectivity index (χ4v) is 4.55. The molecule has 2 N–H and O–H groups in total. The maximum absolute atomic E-state index is 10.4. The number of hydrogen-bond donors (Lipinski definition) is 2. The van der Waals surface area contributed by atoms with Gasteiger partial charge in [-0.05, 0) is 44.4 Å². The molecule has 2 aliphatic carbocycles. The molecular weight excluding hydrogens is 198 g/mol. The maximum atomic E-state index is 10.4. The van der Waals surface area contributed by atoms with Crippen LogP contribution in [0.1, 0.15) is 51.4 Å². The monoisotopic (exact) mass is 224 g/mol. The van der Waals surface area contributed by atoms with Gasteiger partial charge in [0.25, 0.3) is 0 Å². The van der Waals surface area contributed by atoms with E-state index in [1.54, 1.807) is 0 Å². The number of piperidine rings is 1. The molecule has 0 spiro atoms. The van der Waals surface area contributed by atoms with Crippen LogP contribution in [-0.2, 0) is 0 Å². The highest BCUT2D eigenvalue weighted by atomic mass is 16.3. The van der Waals surface area contributed by atoms with Gasteiger partial charge in [-0.2, -0.15) is 0 Å². The van der Waals surface area contributed by atoms with Crippen LogP contribution in [0, 0.1) is 11.8 Å². The van der Waals surface area contributed by atoms with Crippen molar-refractivity contribution >= 4 is 0 Å². The second-order valence-electron chi connectivity index (χ2n) is 6.25. The third-order valence-electron chi connectivity index (χ3n) is 5.42. The molecule has 2 heteroatoms. The fraction of sp³-hybridized carbons (Fsp3) is 1.00. The minimum Gasteiger partial charge on any atom is -0.392 e. The molecule has 0 unspecified atom stereocenters. The number of likely N-dealkylation sites (tertiary alicyclic amines) is 1. The lowest BCUT2D eigenvalue weighted by Crippen LogP contribution is -3.17. The summed E-state index contributed by atoms with van der Waals surface area (Å²) in [5.41, 5.74) is 0. The molecule has 1 heterocycles. The Morgan fingerprint density at radius 1 is 0.812 bits per heavy atom. The van der Waals surface area contributed by atoms with Gasteiger partial charge in [0.2, 0.25) is 0 Å². The van der Waals surface area contributed by atoms with Gasteiger partial charge in [0.05, 0.1) is 25.2 Å². The highest BCUT2D eigenvalue weighted by Gasteiger charge is 2.45. The van der Waals surface area contributed by atoms with E-state index in [1.165, 1.54) is 64.5 Å². The van der Waals surface area contributed by atoms with Crippen LogP contribution < -0.4 is 4.90 Å². The van der Waals surface area contributed by atoms with E-state index in [1.807, 2.05) is 4.90 Å². The Bertz CT molecular complexity index is 237. The summed E-state index contributed by atoms with van der Waals surface area (Å²) in [4.78, 5) is 1.83. The van der Waals surface area contributed by atoms with Crippen LogP contribution in [0.15, 0.2) is 0 Å². The quantitative estimate of drug-likeness (QED) is 0.682. The minimum atomic E-state index is 0.0435. The van der Waals surface area contributed by atoms with Gasteiger partial charge in [0, 0.05) is 12.3 Å². The molecule has 4 atom stereocenters. The molecule has 3 rings (SSSR count). The summed E-state index contributed by atoms with van der Waals surface area (Å²) in [6.45, 7) is 2.75. The van der Waals surface area contributed by atoms with E-state index >= 15 is 0 Å². The van der Waals surface area contributed by atoms with E-state index in [0.29, 0.717) is 11.8 Å². The Morgan fingerprint density at radius 3 is 2.44 bits per heavy atom. The molecule has 3 aliphatic rings. The summed E-state index contributed by atoms with van der Waals surface area (Å²) >= 11 is 0. The summed E-state index contributed by atoms with van der Waals surface area (Å²) in [6.07, 6.45) is 11.0. The van der Waals surface area contributed by atoms with Gasteiger partial charge >= 0.3 is 0 Å². The Hall–Kier alpha value is -0.0800. The molecular formula is C14H26NO+. The van der Waals surface area contributed by atoms with E-state index < -0.39 is 0 Å². The number of aliphatic hydroxyl groups excluding tert-OH is 1. The van der Waals surface area contributed by atoms with Crippen LogP contribution in [0.25, 0.3) is 0 Å². The van der Waals surface area contributed by atoms with Crippen molar-refractivity contribution in [3.05, 3.63) is 0 Å². The van der Waals surface area contributed by atoms with Gasteiger partial charge in [-0.1, -0.05) is 6.42 Å². The smallest absolute Gasteiger partial charge is 0.0928 e. The van der Waals surface area contributed by atoms with Crippen molar-refractivity contribution in [2.75, 3.05) is 13.1 Å². The van der Waals surface area contributed by atoms with Crippen LogP contribution in [0.5, 0.6) is 0 Å². The third-order valence-corrected chi connectivity index (χ3v) is 5.42. The summed E-state index contributed by atoms with van der Waals surface area (Å²) in [5.74, 6) is 1.29. The van der Waals surface area contributed by atoms with Gasteiger partial charge in [-0.25, -0.2) is 0 Å². The highest BCUT2D eigenvalue weighted by Crippen LogP contribution is 2.39. The normalized spacial score (nSPS) is 45.6. The van der Waals surface area contributed by atoms with E-state index in [0.717, 1.165) is 6.04 Å². The van der Waals surface area contributed by atoms with E-state index in [-0.39, 0.29) is 6.10 Å². The van der Waals surface area contributed by atoms with Crippen molar-refractivity contribution in [3.63, 3.8) is 0 Å². The fourth-order valence-electron chi connectivity index (χ4n) is 4.55. The van der Waals surface area contributed by atoms with Crippen LogP contribution in [0.2, 0.25) is 0 Å². The molecule has 2 bridgehead atoms. The van der Waals surface area contributed by atoms with Crippen molar-refractivity contribution in [3.8, 4) is 0 Å². The average molecular weight is 224 g/mol. The molecule has 1 aliphatic heterocycles. The lowest BCUT2D eigenvalue weighted by molar-refractivity contribution is -0.936. The molecule has 2 saturated carbocycles. The largest absolute Gasteiger partial charge is 0.392 e. The first-order chi connectivity index (χ1) is 7.86. The maximum Gasteiger partial charge on any atom is 0.0928 e. The Kier molecular flexibility index (Phi) is 3.21. The molecule has 1 saturated heterocycles. The van der Waals surface area contributed by atoms with Crippen LogP contribution in [0.3, 0.4) is 0 Å². The molecule has 16 heavy (non-hydrogen) atoms. The summed E-state index contributed by atoms with van der Waals surface area (Å²) in [7, 11) is 0. The third kappa shape index (κ3) is 1.91. The first-order valence-electron chi connectivity index (χ1n) is 7.39. The van der Waals surface area contributed by atoms with E-state index in [4.69, 9.17) is 0 Å². The second kappa shape index (κ2) is 4.66. The molecule has 0 aromatic carbocycles. The van der Waals surface area contributed by atoms with Crippen LogP contribution >= 0.6 is 0 Å². The molecule has 0 amide bonds. The molecule has 92 valence electrons. The standard InChI is InChI=1S/C14H25NO/c16-14-11-5-4-6-12(14)13(8-7-11)15-9-2-1-3-10-15/h11-14,16H,1-10H2/p+1/t11-,12+,13-,14+/m0/s1. The lowest BCUT2D eigenvalue weighted by atomic mass is 9.67. The number of quaternary nitrogens is 1. The number of nitrogens with one attached hydrogen (secondary N) is 1. The van der Waals surface area contributed by atoms with Gasteiger partial charge in [-0.15, -0.1) is 0 Å². The van der Waals surface area contributed by atoms with Crippen molar-refractivity contribution in [1.82, 2.24) is 0 Å². The molecule has 2 nitrogen and oxygen atoms in total. The first kappa shape index (κ1) is 11.0. The molecule has 0 aromatic heterocycles. The first-order valence-corrected chi connectivity index (χ1v) is 7.39. The summed E-state index contributed by atoms with van der Waals surface area (Å²) in [6, 6.07) is 0.798. The van der Waals surface area contributed by atoms with Gasteiger partial charge in [-0.3, -0.25) is 0 Å².